The molecule has 0 unspecified atom stereocenters. The van der Waals surface area contributed by atoms with Crippen LogP contribution >= 0.6 is 11.6 Å². The minimum Gasteiger partial charge on any atom is -0.341 e. The highest BCUT2D eigenvalue weighted by Gasteiger charge is 2.29. The predicted molar refractivity (Wildman–Crippen MR) is 91.0 cm³/mol. The summed E-state index contributed by atoms with van der Waals surface area (Å²) < 4.78 is 0. The van der Waals surface area contributed by atoms with E-state index in [-0.39, 0.29) is 11.8 Å². The summed E-state index contributed by atoms with van der Waals surface area (Å²) in [6, 6.07) is 7.37. The molecule has 0 aromatic heterocycles. The van der Waals surface area contributed by atoms with Gasteiger partial charge in [-0.2, -0.15) is 0 Å². The van der Waals surface area contributed by atoms with Crippen molar-refractivity contribution >= 4 is 29.5 Å². The maximum Gasteiger partial charge on any atom is 0.246 e. The predicted octanol–water partition coefficient (Wildman–Crippen LogP) is 2.82. The van der Waals surface area contributed by atoms with Crippen molar-refractivity contribution in [3.05, 3.63) is 40.9 Å². The number of rotatable bonds is 4. The fraction of sp³-hybridized carbons (Fsp3) is 0.444. The molecule has 0 radical (unpaired) electrons. The average molecular weight is 333 g/mol. The first-order valence-electron chi connectivity index (χ1n) is 8.12. The number of benzene rings is 1. The lowest BCUT2D eigenvalue weighted by Gasteiger charge is -2.21. The highest BCUT2D eigenvalue weighted by molar-refractivity contribution is 6.30. The summed E-state index contributed by atoms with van der Waals surface area (Å²) in [6.45, 7) is 2.61. The molecule has 2 amide bonds. The molecule has 3 rings (SSSR count). The van der Waals surface area contributed by atoms with Gasteiger partial charge >= 0.3 is 0 Å². The Morgan fingerprint density at radius 1 is 1.26 bits per heavy atom. The summed E-state index contributed by atoms with van der Waals surface area (Å²) in [6.07, 6.45) is 6.21. The monoisotopic (exact) mass is 332 g/mol. The van der Waals surface area contributed by atoms with Crippen molar-refractivity contribution < 1.29 is 9.59 Å². The van der Waals surface area contributed by atoms with Gasteiger partial charge < -0.3 is 9.80 Å². The van der Waals surface area contributed by atoms with Crippen molar-refractivity contribution in [2.45, 2.75) is 19.3 Å². The van der Waals surface area contributed by atoms with Gasteiger partial charge in [0.1, 0.15) is 0 Å². The van der Waals surface area contributed by atoms with Crippen LogP contribution in [0.4, 0.5) is 0 Å². The molecule has 1 saturated heterocycles. The number of halogens is 1. The van der Waals surface area contributed by atoms with E-state index in [0.717, 1.165) is 12.1 Å². The van der Waals surface area contributed by atoms with Crippen molar-refractivity contribution in [2.75, 3.05) is 26.2 Å². The van der Waals surface area contributed by atoms with Gasteiger partial charge in [-0.25, -0.2) is 0 Å². The first-order chi connectivity index (χ1) is 11.1. The van der Waals surface area contributed by atoms with E-state index in [0.29, 0.717) is 37.0 Å². The maximum absolute atomic E-state index is 12.3. The molecule has 0 bridgehead atoms. The third kappa shape index (κ3) is 4.58. The number of nitrogens with zero attached hydrogens (tertiary/aromatic N) is 2. The van der Waals surface area contributed by atoms with Crippen LogP contribution in [0.5, 0.6) is 0 Å². The second kappa shape index (κ2) is 7.18. The molecule has 0 atom stereocenters. The second-order valence-electron chi connectivity index (χ2n) is 6.25. The van der Waals surface area contributed by atoms with E-state index in [1.165, 1.54) is 12.8 Å². The number of amides is 2. The largest absolute Gasteiger partial charge is 0.341 e. The molecule has 1 aromatic rings. The van der Waals surface area contributed by atoms with Crippen LogP contribution in [0.3, 0.4) is 0 Å². The molecule has 2 fully saturated rings. The number of hydrogen-bond acceptors (Lipinski definition) is 2. The third-order valence-electron chi connectivity index (χ3n) is 4.34. The van der Waals surface area contributed by atoms with Crippen molar-refractivity contribution in [3.63, 3.8) is 0 Å². The quantitative estimate of drug-likeness (QED) is 0.795. The van der Waals surface area contributed by atoms with Crippen molar-refractivity contribution in [2.24, 2.45) is 5.92 Å². The van der Waals surface area contributed by atoms with Crippen molar-refractivity contribution in [1.82, 2.24) is 9.80 Å². The zero-order chi connectivity index (χ0) is 16.2. The highest BCUT2D eigenvalue weighted by Crippen LogP contribution is 2.30. The molecule has 0 spiro atoms. The summed E-state index contributed by atoms with van der Waals surface area (Å²) in [5, 5.41) is 0.649. The van der Waals surface area contributed by atoms with Gasteiger partial charge in [-0.3, -0.25) is 9.59 Å². The first-order valence-corrected chi connectivity index (χ1v) is 8.50. The number of carbonyl (C=O) groups excluding carboxylic acids is 2. The van der Waals surface area contributed by atoms with Crippen LogP contribution < -0.4 is 0 Å². The molecule has 122 valence electrons. The zero-order valence-corrected chi connectivity index (χ0v) is 13.8. The molecule has 1 saturated carbocycles. The number of hydrogen-bond donors (Lipinski definition) is 0. The standard InChI is InChI=1S/C18H21ClN2O2/c19-16-3-1-2-14(12-16)6-7-17(22)20-9-8-18(23)21(11-10-20)13-15-4-5-15/h1-3,6-7,12,15H,4-5,8-11,13H2. The molecule has 2 aliphatic rings. The van der Waals surface area contributed by atoms with Gasteiger partial charge in [-0.05, 0) is 42.5 Å². The SMILES string of the molecule is O=C(C=Cc1cccc(Cl)c1)N1CCC(=O)N(CC2CC2)CC1. The Bertz CT molecular complexity index is 625. The Balaban J connectivity index is 1.57. The van der Waals surface area contributed by atoms with Crippen molar-refractivity contribution in [1.29, 1.82) is 0 Å². The summed E-state index contributed by atoms with van der Waals surface area (Å²) in [5.41, 5.74) is 0.895. The lowest BCUT2D eigenvalue weighted by molar-refractivity contribution is -0.130. The van der Waals surface area contributed by atoms with Crippen LogP contribution in [0.15, 0.2) is 30.3 Å². The summed E-state index contributed by atoms with van der Waals surface area (Å²) in [4.78, 5) is 28.1. The molecule has 23 heavy (non-hydrogen) atoms. The van der Waals surface area contributed by atoms with Gasteiger partial charge in [0.25, 0.3) is 0 Å². The molecule has 1 aromatic carbocycles. The van der Waals surface area contributed by atoms with Crippen LogP contribution in [-0.4, -0.2) is 47.8 Å². The van der Waals surface area contributed by atoms with Crippen LogP contribution in [0.25, 0.3) is 6.08 Å². The molecule has 1 heterocycles. The lowest BCUT2D eigenvalue weighted by atomic mass is 10.2. The Morgan fingerprint density at radius 3 is 2.83 bits per heavy atom. The van der Waals surface area contributed by atoms with Crippen LogP contribution in [0, 0.1) is 5.92 Å². The minimum absolute atomic E-state index is 0.0500. The van der Waals surface area contributed by atoms with Crippen LogP contribution in [-0.2, 0) is 9.59 Å². The first kappa shape index (κ1) is 16.1. The maximum atomic E-state index is 12.3. The topological polar surface area (TPSA) is 40.6 Å². The van der Waals surface area contributed by atoms with Gasteiger partial charge in [0.15, 0.2) is 0 Å². The molecule has 4 nitrogen and oxygen atoms in total. The van der Waals surface area contributed by atoms with Gasteiger partial charge in [0, 0.05) is 43.7 Å². The minimum atomic E-state index is -0.0500. The molecular formula is C18H21ClN2O2. The molecule has 1 aliphatic heterocycles. The third-order valence-corrected chi connectivity index (χ3v) is 4.58. The van der Waals surface area contributed by atoms with Gasteiger partial charge in [0.2, 0.25) is 11.8 Å². The normalized spacial score (nSPS) is 19.3. The van der Waals surface area contributed by atoms with Gasteiger partial charge in [0.05, 0.1) is 0 Å². The summed E-state index contributed by atoms with van der Waals surface area (Å²) >= 11 is 5.94. The summed E-state index contributed by atoms with van der Waals surface area (Å²) in [7, 11) is 0. The van der Waals surface area contributed by atoms with E-state index in [2.05, 4.69) is 0 Å². The Labute approximate surface area is 141 Å². The van der Waals surface area contributed by atoms with Crippen LogP contribution in [0.2, 0.25) is 5.02 Å². The van der Waals surface area contributed by atoms with Crippen LogP contribution in [0.1, 0.15) is 24.8 Å². The average Bonchev–Trinajstić information content (AvgIpc) is 3.36. The molecular weight excluding hydrogens is 312 g/mol. The smallest absolute Gasteiger partial charge is 0.246 e. The Kier molecular flexibility index (Phi) is 5.01. The highest BCUT2D eigenvalue weighted by atomic mass is 35.5. The molecule has 5 heteroatoms. The second-order valence-corrected chi connectivity index (χ2v) is 6.68. The Morgan fingerprint density at radius 2 is 2.09 bits per heavy atom. The van der Waals surface area contributed by atoms with E-state index < -0.39 is 0 Å². The van der Waals surface area contributed by atoms with E-state index in [1.54, 1.807) is 23.1 Å². The van der Waals surface area contributed by atoms with E-state index >= 15 is 0 Å². The van der Waals surface area contributed by atoms with Crippen molar-refractivity contribution in [3.8, 4) is 0 Å². The molecule has 0 N–H and O–H groups in total. The summed E-state index contributed by atoms with van der Waals surface area (Å²) in [5.74, 6) is 0.806. The fourth-order valence-electron chi connectivity index (χ4n) is 2.78. The fourth-order valence-corrected chi connectivity index (χ4v) is 2.97. The number of carbonyl (C=O) groups is 2. The molecule has 1 aliphatic carbocycles. The Hall–Kier alpha value is -1.81. The van der Waals surface area contributed by atoms with E-state index in [9.17, 15) is 9.59 Å². The van der Waals surface area contributed by atoms with E-state index in [1.807, 2.05) is 23.1 Å². The zero-order valence-electron chi connectivity index (χ0n) is 13.1. The van der Waals surface area contributed by atoms with E-state index in [4.69, 9.17) is 11.6 Å². The lowest BCUT2D eigenvalue weighted by Crippen LogP contribution is -2.36. The van der Waals surface area contributed by atoms with Gasteiger partial charge in [-0.1, -0.05) is 23.7 Å². The van der Waals surface area contributed by atoms with Gasteiger partial charge in [-0.15, -0.1) is 0 Å².